The first-order chi connectivity index (χ1) is 14.7. The van der Waals surface area contributed by atoms with E-state index in [0.717, 1.165) is 47.1 Å². The van der Waals surface area contributed by atoms with E-state index in [2.05, 4.69) is 23.3 Å². The summed E-state index contributed by atoms with van der Waals surface area (Å²) >= 11 is 6.29. The van der Waals surface area contributed by atoms with E-state index in [9.17, 15) is 0 Å². The Morgan fingerprint density at radius 3 is 2.33 bits per heavy atom. The summed E-state index contributed by atoms with van der Waals surface area (Å²) in [6, 6.07) is 15.8. The third-order valence-corrected chi connectivity index (χ3v) is 5.65. The molecule has 162 valence electrons. The molecule has 0 atom stereocenters. The zero-order chi connectivity index (χ0) is 21.2. The normalized spacial score (nSPS) is 11.5. The largest absolute Gasteiger partial charge is 0.486 e. The lowest BCUT2D eigenvalue weighted by Gasteiger charge is -2.22. The van der Waals surface area contributed by atoms with Crippen LogP contribution < -0.4 is 4.74 Å². The Balaban J connectivity index is 1.71. The van der Waals surface area contributed by atoms with Gasteiger partial charge in [0, 0.05) is 11.6 Å². The van der Waals surface area contributed by atoms with Gasteiger partial charge in [0.2, 0.25) is 0 Å². The minimum Gasteiger partial charge on any atom is -0.486 e. The van der Waals surface area contributed by atoms with E-state index in [1.54, 1.807) is 0 Å². The minimum absolute atomic E-state index is 0.450. The van der Waals surface area contributed by atoms with Crippen LogP contribution in [0, 0.1) is 0 Å². The summed E-state index contributed by atoms with van der Waals surface area (Å²) in [5.41, 5.74) is 2.06. The van der Waals surface area contributed by atoms with Gasteiger partial charge >= 0.3 is 0 Å². The molecule has 1 heterocycles. The smallest absolute Gasteiger partial charge is 0.147 e. The third-order valence-electron chi connectivity index (χ3n) is 5.41. The van der Waals surface area contributed by atoms with Gasteiger partial charge in [-0.05, 0) is 69.2 Å². The molecule has 0 radical (unpaired) electrons. The van der Waals surface area contributed by atoms with Gasteiger partial charge in [0.15, 0.2) is 0 Å². The first-order valence-corrected chi connectivity index (χ1v) is 11.6. The van der Waals surface area contributed by atoms with Crippen LogP contribution in [0.2, 0.25) is 5.02 Å². The lowest BCUT2D eigenvalue weighted by Crippen LogP contribution is -2.28. The summed E-state index contributed by atoms with van der Waals surface area (Å²) in [7, 11) is 0. The number of unbranched alkanes of at least 4 members (excludes halogenated alkanes) is 2. The number of aromatic nitrogens is 2. The molecule has 3 rings (SSSR count). The maximum atomic E-state index is 6.29. The second kappa shape index (κ2) is 12.0. The molecular formula is C25H34ClN3O. The number of fused-ring (bicyclic) bond motifs is 1. The topological polar surface area (TPSA) is 30.3 Å². The monoisotopic (exact) mass is 427 g/mol. The van der Waals surface area contributed by atoms with Crippen molar-refractivity contribution < 1.29 is 4.74 Å². The SMILES string of the molecule is CCCCN(CCCC)CCCn1c(COc2ccccc2)nc2ccc(Cl)cc21. The Bertz CT molecular complexity index is 886. The quantitative estimate of drug-likeness (QED) is 0.309. The van der Waals surface area contributed by atoms with Crippen LogP contribution in [0.5, 0.6) is 5.75 Å². The molecule has 1 aromatic heterocycles. The Kier molecular flexibility index (Phi) is 9.03. The minimum atomic E-state index is 0.450. The molecule has 0 aliphatic rings. The van der Waals surface area contributed by atoms with Gasteiger partial charge in [0.05, 0.1) is 11.0 Å². The van der Waals surface area contributed by atoms with E-state index >= 15 is 0 Å². The van der Waals surface area contributed by atoms with Gasteiger partial charge in [0.1, 0.15) is 18.2 Å². The second-order valence-corrected chi connectivity index (χ2v) is 8.25. The molecule has 0 fully saturated rings. The highest BCUT2D eigenvalue weighted by molar-refractivity contribution is 6.31. The highest BCUT2D eigenvalue weighted by Crippen LogP contribution is 2.22. The zero-order valence-electron chi connectivity index (χ0n) is 18.3. The molecule has 0 spiro atoms. The average molecular weight is 428 g/mol. The third kappa shape index (κ3) is 6.48. The van der Waals surface area contributed by atoms with E-state index in [1.165, 1.54) is 38.8 Å². The lowest BCUT2D eigenvalue weighted by molar-refractivity contribution is 0.254. The summed E-state index contributed by atoms with van der Waals surface area (Å²) in [6.45, 7) is 9.38. The van der Waals surface area contributed by atoms with Crippen LogP contribution >= 0.6 is 11.6 Å². The Morgan fingerprint density at radius 1 is 0.933 bits per heavy atom. The Morgan fingerprint density at radius 2 is 1.63 bits per heavy atom. The van der Waals surface area contributed by atoms with Gasteiger partial charge in [-0.15, -0.1) is 0 Å². The molecule has 30 heavy (non-hydrogen) atoms. The van der Waals surface area contributed by atoms with E-state index in [1.807, 2.05) is 48.5 Å². The van der Waals surface area contributed by atoms with Crippen molar-refractivity contribution in [1.29, 1.82) is 0 Å². The van der Waals surface area contributed by atoms with Crippen molar-refractivity contribution in [2.24, 2.45) is 0 Å². The van der Waals surface area contributed by atoms with Crippen LogP contribution in [-0.2, 0) is 13.2 Å². The van der Waals surface area contributed by atoms with E-state index in [-0.39, 0.29) is 0 Å². The number of hydrogen-bond donors (Lipinski definition) is 0. The number of halogens is 1. The number of rotatable bonds is 13. The van der Waals surface area contributed by atoms with E-state index < -0.39 is 0 Å². The Hall–Kier alpha value is -2.04. The fourth-order valence-corrected chi connectivity index (χ4v) is 3.89. The van der Waals surface area contributed by atoms with Crippen LogP contribution in [0.4, 0.5) is 0 Å². The van der Waals surface area contributed by atoms with Crippen molar-refractivity contribution >= 4 is 22.6 Å². The fraction of sp³-hybridized carbons (Fsp3) is 0.480. The first-order valence-electron chi connectivity index (χ1n) is 11.3. The number of imidazole rings is 1. The highest BCUT2D eigenvalue weighted by Gasteiger charge is 2.13. The van der Waals surface area contributed by atoms with Crippen molar-refractivity contribution in [3.8, 4) is 5.75 Å². The number of ether oxygens (including phenoxy) is 1. The number of hydrogen-bond acceptors (Lipinski definition) is 3. The highest BCUT2D eigenvalue weighted by atomic mass is 35.5. The molecule has 0 aliphatic carbocycles. The van der Waals surface area contributed by atoms with Crippen LogP contribution in [0.25, 0.3) is 11.0 Å². The van der Waals surface area contributed by atoms with Crippen molar-refractivity contribution in [2.75, 3.05) is 19.6 Å². The molecule has 0 bridgehead atoms. The second-order valence-electron chi connectivity index (χ2n) is 7.82. The molecule has 0 N–H and O–H groups in total. The molecule has 0 amide bonds. The molecule has 0 unspecified atom stereocenters. The van der Waals surface area contributed by atoms with Gasteiger partial charge in [0.25, 0.3) is 0 Å². The van der Waals surface area contributed by atoms with Gasteiger partial charge in [-0.2, -0.15) is 0 Å². The Labute approximate surface area is 185 Å². The summed E-state index contributed by atoms with van der Waals surface area (Å²) in [5.74, 6) is 1.81. The standard InChI is InChI=1S/C25H34ClN3O/c1-3-5-15-28(16-6-4-2)17-10-18-29-24-19-21(26)13-14-23(24)27-25(29)20-30-22-11-8-7-9-12-22/h7-9,11-14,19H,3-6,10,15-18,20H2,1-2H3. The molecule has 0 aliphatic heterocycles. The molecular weight excluding hydrogens is 394 g/mol. The molecule has 2 aromatic carbocycles. The van der Waals surface area contributed by atoms with Crippen LogP contribution in [0.15, 0.2) is 48.5 Å². The van der Waals surface area contributed by atoms with Crippen LogP contribution in [-0.4, -0.2) is 34.1 Å². The predicted molar refractivity (Wildman–Crippen MR) is 126 cm³/mol. The molecule has 0 saturated carbocycles. The number of para-hydroxylation sites is 1. The average Bonchev–Trinajstić information content (AvgIpc) is 3.11. The summed E-state index contributed by atoms with van der Waals surface area (Å²) in [4.78, 5) is 7.44. The van der Waals surface area contributed by atoms with Crippen molar-refractivity contribution in [1.82, 2.24) is 14.5 Å². The maximum absolute atomic E-state index is 6.29. The lowest BCUT2D eigenvalue weighted by atomic mass is 10.2. The fourth-order valence-electron chi connectivity index (χ4n) is 3.72. The number of benzene rings is 2. The van der Waals surface area contributed by atoms with Crippen molar-refractivity contribution in [2.45, 2.75) is 59.1 Å². The van der Waals surface area contributed by atoms with Gasteiger partial charge in [-0.25, -0.2) is 4.98 Å². The van der Waals surface area contributed by atoms with E-state index in [4.69, 9.17) is 21.3 Å². The van der Waals surface area contributed by atoms with Gasteiger partial charge in [-0.1, -0.05) is 56.5 Å². The van der Waals surface area contributed by atoms with Crippen LogP contribution in [0.1, 0.15) is 51.8 Å². The zero-order valence-corrected chi connectivity index (χ0v) is 19.1. The molecule has 3 aromatic rings. The summed E-state index contributed by atoms with van der Waals surface area (Å²) < 4.78 is 8.28. The van der Waals surface area contributed by atoms with Crippen molar-refractivity contribution in [3.63, 3.8) is 0 Å². The van der Waals surface area contributed by atoms with Gasteiger partial charge in [-0.3, -0.25) is 0 Å². The maximum Gasteiger partial charge on any atom is 0.147 e. The number of aryl methyl sites for hydroxylation is 1. The van der Waals surface area contributed by atoms with Crippen LogP contribution in [0.3, 0.4) is 0 Å². The molecule has 0 saturated heterocycles. The molecule has 5 heteroatoms. The first kappa shape index (κ1) is 22.6. The van der Waals surface area contributed by atoms with E-state index in [0.29, 0.717) is 6.61 Å². The summed E-state index contributed by atoms with van der Waals surface area (Å²) in [5, 5.41) is 0.742. The number of nitrogens with zero attached hydrogens (tertiary/aromatic N) is 3. The summed E-state index contributed by atoms with van der Waals surface area (Å²) in [6.07, 6.45) is 6.11. The molecule has 4 nitrogen and oxygen atoms in total. The van der Waals surface area contributed by atoms with Gasteiger partial charge < -0.3 is 14.2 Å². The van der Waals surface area contributed by atoms with Crippen molar-refractivity contribution in [3.05, 3.63) is 59.4 Å². The predicted octanol–water partition coefficient (Wildman–Crippen LogP) is 6.56.